The minimum atomic E-state index is -1.58. The van der Waals surface area contributed by atoms with Crippen molar-refractivity contribution in [3.8, 4) is 0 Å². The van der Waals surface area contributed by atoms with Gasteiger partial charge in [-0.15, -0.1) is 0 Å². The van der Waals surface area contributed by atoms with Gasteiger partial charge in [-0.1, -0.05) is 0 Å². The van der Waals surface area contributed by atoms with Gasteiger partial charge in [0.25, 0.3) is 0 Å². The van der Waals surface area contributed by atoms with E-state index in [0.29, 0.717) is 0 Å². The molecule has 0 heterocycles. The standard InChI is InChI=1S/C4H7N3O3/c5-2(6)1-7-3(8)4(9)10/h1H2,(H3,5,6)(H,7,8)(H,9,10). The van der Waals surface area contributed by atoms with E-state index in [0.717, 1.165) is 0 Å². The third-order valence-corrected chi connectivity index (χ3v) is 0.634. The molecular formula is C4H7N3O3. The van der Waals surface area contributed by atoms with E-state index in [4.69, 9.17) is 16.2 Å². The average Bonchev–Trinajstić information content (AvgIpc) is 1.82. The molecule has 10 heavy (non-hydrogen) atoms. The Kier molecular flexibility index (Phi) is 2.89. The Labute approximate surface area is 56.5 Å². The molecule has 0 aliphatic rings. The highest BCUT2D eigenvalue weighted by Gasteiger charge is 2.09. The largest absolute Gasteiger partial charge is 0.474 e. The molecule has 0 aliphatic carbocycles. The van der Waals surface area contributed by atoms with Gasteiger partial charge in [-0.25, -0.2) is 4.79 Å². The zero-order chi connectivity index (χ0) is 8.15. The van der Waals surface area contributed by atoms with Crippen molar-refractivity contribution in [2.24, 2.45) is 5.73 Å². The smallest absolute Gasteiger partial charge is 0.394 e. The molecule has 5 N–H and O–H groups in total. The first-order chi connectivity index (χ1) is 4.54. The first kappa shape index (κ1) is 8.41. The predicted octanol–water partition coefficient (Wildman–Crippen LogP) is -1.88. The molecule has 0 bridgehead atoms. The molecule has 56 valence electrons. The van der Waals surface area contributed by atoms with Gasteiger partial charge < -0.3 is 16.2 Å². The number of amidine groups is 1. The van der Waals surface area contributed by atoms with Gasteiger partial charge in [0.1, 0.15) is 5.84 Å². The van der Waals surface area contributed by atoms with Gasteiger partial charge >= 0.3 is 11.9 Å². The van der Waals surface area contributed by atoms with Gasteiger partial charge in [0, 0.05) is 0 Å². The van der Waals surface area contributed by atoms with Crippen molar-refractivity contribution in [2.45, 2.75) is 0 Å². The van der Waals surface area contributed by atoms with Crippen LogP contribution < -0.4 is 11.1 Å². The predicted molar refractivity (Wildman–Crippen MR) is 32.6 cm³/mol. The van der Waals surface area contributed by atoms with E-state index in [2.05, 4.69) is 0 Å². The average molecular weight is 145 g/mol. The fourth-order valence-electron chi connectivity index (χ4n) is 0.251. The molecule has 6 nitrogen and oxygen atoms in total. The number of hydrogen-bond donors (Lipinski definition) is 4. The molecule has 0 fully saturated rings. The van der Waals surface area contributed by atoms with Crippen LogP contribution in [0.15, 0.2) is 0 Å². The summed E-state index contributed by atoms with van der Waals surface area (Å²) in [5.41, 5.74) is 4.82. The zero-order valence-corrected chi connectivity index (χ0v) is 5.05. The van der Waals surface area contributed by atoms with E-state index in [1.54, 1.807) is 0 Å². The molecule has 0 aromatic carbocycles. The molecule has 0 aliphatic heterocycles. The lowest BCUT2D eigenvalue weighted by Crippen LogP contribution is -2.37. The number of nitrogens with one attached hydrogen (secondary N) is 2. The summed E-state index contributed by atoms with van der Waals surface area (Å²) in [5, 5.41) is 16.5. The molecule has 0 aromatic rings. The van der Waals surface area contributed by atoms with Gasteiger partial charge in [-0.05, 0) is 0 Å². The highest BCUT2D eigenvalue weighted by Crippen LogP contribution is 1.64. The van der Waals surface area contributed by atoms with Crippen LogP contribution in [-0.4, -0.2) is 29.4 Å². The molecule has 0 saturated carbocycles. The number of hydrogen-bond acceptors (Lipinski definition) is 3. The molecule has 0 radical (unpaired) electrons. The van der Waals surface area contributed by atoms with E-state index >= 15 is 0 Å². The fraction of sp³-hybridized carbons (Fsp3) is 0.250. The Morgan fingerprint density at radius 1 is 1.60 bits per heavy atom. The zero-order valence-electron chi connectivity index (χ0n) is 5.05. The van der Waals surface area contributed by atoms with Crippen molar-refractivity contribution in [3.05, 3.63) is 0 Å². The van der Waals surface area contributed by atoms with Crippen LogP contribution in [0, 0.1) is 5.41 Å². The van der Waals surface area contributed by atoms with Crippen molar-refractivity contribution in [1.82, 2.24) is 5.32 Å². The topological polar surface area (TPSA) is 116 Å². The normalized spacial score (nSPS) is 8.40. The second kappa shape index (κ2) is 3.44. The maximum atomic E-state index is 10.2. The van der Waals surface area contributed by atoms with Gasteiger partial charge in [-0.3, -0.25) is 10.2 Å². The second-order valence-electron chi connectivity index (χ2n) is 1.51. The quantitative estimate of drug-likeness (QED) is 0.207. The monoisotopic (exact) mass is 145 g/mol. The number of carboxylic acid groups (broad SMARTS) is 1. The number of carboxylic acids is 1. The lowest BCUT2D eigenvalue weighted by atomic mass is 10.5. The molecule has 0 spiro atoms. The van der Waals surface area contributed by atoms with E-state index < -0.39 is 11.9 Å². The lowest BCUT2D eigenvalue weighted by molar-refractivity contribution is -0.150. The van der Waals surface area contributed by atoms with Crippen LogP contribution in [0.5, 0.6) is 0 Å². The minimum absolute atomic E-state index is 0.231. The molecule has 6 heteroatoms. The van der Waals surface area contributed by atoms with Crippen molar-refractivity contribution >= 4 is 17.7 Å². The SMILES string of the molecule is N=C(N)CNC(=O)C(=O)O. The van der Waals surface area contributed by atoms with Crippen molar-refractivity contribution in [3.63, 3.8) is 0 Å². The van der Waals surface area contributed by atoms with Crippen LogP contribution in [0.3, 0.4) is 0 Å². The number of rotatable bonds is 2. The molecule has 1 amide bonds. The summed E-state index contributed by atoms with van der Waals surface area (Å²) >= 11 is 0. The third kappa shape index (κ3) is 3.42. The molecule has 0 rings (SSSR count). The Hall–Kier alpha value is -1.59. The van der Waals surface area contributed by atoms with Crippen molar-refractivity contribution in [1.29, 1.82) is 5.41 Å². The van der Waals surface area contributed by atoms with Crippen LogP contribution in [0.2, 0.25) is 0 Å². The first-order valence-corrected chi connectivity index (χ1v) is 2.38. The van der Waals surface area contributed by atoms with Gasteiger partial charge in [-0.2, -0.15) is 0 Å². The summed E-state index contributed by atoms with van der Waals surface area (Å²) in [4.78, 5) is 20.0. The summed E-state index contributed by atoms with van der Waals surface area (Å²) in [6.07, 6.45) is 0. The van der Waals surface area contributed by atoms with E-state index in [1.165, 1.54) is 0 Å². The van der Waals surface area contributed by atoms with Crippen LogP contribution in [0.25, 0.3) is 0 Å². The molecule has 0 saturated heterocycles. The second-order valence-corrected chi connectivity index (χ2v) is 1.51. The van der Waals surface area contributed by atoms with Gasteiger partial charge in [0.05, 0.1) is 6.54 Å². The summed E-state index contributed by atoms with van der Waals surface area (Å²) < 4.78 is 0. The Bertz CT molecular complexity index is 177. The maximum Gasteiger partial charge on any atom is 0.394 e. The van der Waals surface area contributed by atoms with E-state index in [1.807, 2.05) is 5.32 Å². The number of aliphatic carboxylic acids is 1. The number of carbonyl (C=O) groups is 2. The number of amides is 1. The molecule has 0 unspecified atom stereocenters. The van der Waals surface area contributed by atoms with Crippen LogP contribution in [0.4, 0.5) is 0 Å². The number of carbonyl (C=O) groups excluding carboxylic acids is 1. The highest BCUT2D eigenvalue weighted by atomic mass is 16.4. The number of nitrogens with two attached hydrogens (primary N) is 1. The fourth-order valence-corrected chi connectivity index (χ4v) is 0.251. The highest BCUT2D eigenvalue weighted by molar-refractivity contribution is 6.31. The van der Waals surface area contributed by atoms with Crippen molar-refractivity contribution in [2.75, 3.05) is 6.54 Å². The maximum absolute atomic E-state index is 10.2. The summed E-state index contributed by atoms with van der Waals surface area (Å²) in [6.45, 7) is -0.231. The summed E-state index contributed by atoms with van der Waals surface area (Å²) in [6, 6.07) is 0. The van der Waals surface area contributed by atoms with E-state index in [-0.39, 0.29) is 12.4 Å². The third-order valence-electron chi connectivity index (χ3n) is 0.634. The summed E-state index contributed by atoms with van der Waals surface area (Å²) in [5.74, 6) is -3.02. The van der Waals surface area contributed by atoms with Gasteiger partial charge in [0.2, 0.25) is 0 Å². The van der Waals surface area contributed by atoms with Crippen LogP contribution >= 0.6 is 0 Å². The Morgan fingerprint density at radius 2 is 2.10 bits per heavy atom. The van der Waals surface area contributed by atoms with E-state index in [9.17, 15) is 9.59 Å². The molecule has 0 atom stereocenters. The van der Waals surface area contributed by atoms with Gasteiger partial charge in [0.15, 0.2) is 0 Å². The Morgan fingerprint density at radius 3 is 2.40 bits per heavy atom. The first-order valence-electron chi connectivity index (χ1n) is 2.38. The minimum Gasteiger partial charge on any atom is -0.474 e. The van der Waals surface area contributed by atoms with Crippen molar-refractivity contribution < 1.29 is 14.7 Å². The molecule has 0 aromatic heterocycles. The lowest BCUT2D eigenvalue weighted by Gasteiger charge is -1.97. The van der Waals surface area contributed by atoms with Crippen LogP contribution in [-0.2, 0) is 9.59 Å². The summed E-state index contributed by atoms with van der Waals surface area (Å²) in [7, 11) is 0. The Balaban J connectivity index is 3.60. The molecular weight excluding hydrogens is 138 g/mol. The van der Waals surface area contributed by atoms with Crippen LogP contribution in [0.1, 0.15) is 0 Å².